The Morgan fingerprint density at radius 1 is 1.27 bits per heavy atom. The van der Waals surface area contributed by atoms with Gasteiger partial charge >= 0.3 is 0 Å². The maximum atomic E-state index is 12.6. The molecule has 138 valence electrons. The van der Waals surface area contributed by atoms with Crippen LogP contribution in [0, 0.1) is 0 Å². The van der Waals surface area contributed by atoms with Gasteiger partial charge in [-0.05, 0) is 43.7 Å². The minimum atomic E-state index is -0.482. The fraction of sp³-hybridized carbons (Fsp3) is 0.368. The molecular weight excluding hydrogens is 350 g/mol. The summed E-state index contributed by atoms with van der Waals surface area (Å²) in [7, 11) is 0. The Balaban J connectivity index is 1.84. The largest absolute Gasteiger partial charge is 0.494 e. The number of ether oxygens (including phenoxy) is 1. The second kappa shape index (κ2) is 7.88. The Hall–Kier alpha value is -2.38. The van der Waals surface area contributed by atoms with Gasteiger partial charge in [0, 0.05) is 12.0 Å². The average molecular weight is 374 g/mol. The molecule has 4 N–H and O–H groups in total. The van der Waals surface area contributed by atoms with Crippen molar-refractivity contribution < 1.29 is 19.2 Å². The summed E-state index contributed by atoms with van der Waals surface area (Å²) in [6, 6.07) is 6.94. The van der Waals surface area contributed by atoms with Crippen molar-refractivity contribution in [2.45, 2.75) is 26.8 Å². The van der Waals surface area contributed by atoms with Crippen LogP contribution in [0.4, 0.5) is 5.00 Å². The number of fused-ring (bicyclic) bond motifs is 1. The highest BCUT2D eigenvalue weighted by Crippen LogP contribution is 2.34. The lowest BCUT2D eigenvalue weighted by molar-refractivity contribution is -0.913. The van der Waals surface area contributed by atoms with Gasteiger partial charge in [-0.3, -0.25) is 9.59 Å². The average Bonchev–Trinajstić information content (AvgIpc) is 2.99. The summed E-state index contributed by atoms with van der Waals surface area (Å²) < 4.78 is 5.39. The van der Waals surface area contributed by atoms with E-state index in [4.69, 9.17) is 10.5 Å². The molecule has 1 aliphatic rings. The number of hydrogen-bond donors (Lipinski definition) is 3. The molecule has 0 aliphatic carbocycles. The standard InChI is InChI=1S/C19H23N3O3S/c1-3-22-10-9-14-15(11-22)26-19(16(14)17(20)23)21-18(24)12-5-7-13(8-6-12)25-4-2/h5-8H,3-4,9-11H2,1-2H3,(H2,20,23)(H,21,24)/p+1. The molecule has 0 spiro atoms. The Kier molecular flexibility index (Phi) is 5.58. The van der Waals surface area contributed by atoms with E-state index in [1.807, 2.05) is 6.92 Å². The van der Waals surface area contributed by atoms with Gasteiger partial charge in [0.2, 0.25) is 0 Å². The van der Waals surface area contributed by atoms with Crippen LogP contribution in [0.1, 0.15) is 45.0 Å². The minimum Gasteiger partial charge on any atom is -0.494 e. The third-order valence-electron chi connectivity index (χ3n) is 4.63. The molecule has 1 aromatic carbocycles. The molecule has 7 heteroatoms. The molecule has 26 heavy (non-hydrogen) atoms. The van der Waals surface area contributed by atoms with Crippen LogP contribution in [-0.2, 0) is 13.0 Å². The lowest BCUT2D eigenvalue weighted by Gasteiger charge is -2.22. The highest BCUT2D eigenvalue weighted by atomic mass is 32.1. The van der Waals surface area contributed by atoms with Gasteiger partial charge in [0.05, 0.1) is 30.1 Å². The van der Waals surface area contributed by atoms with Crippen molar-refractivity contribution in [3.05, 3.63) is 45.8 Å². The molecule has 0 saturated heterocycles. The molecule has 0 radical (unpaired) electrons. The predicted octanol–water partition coefficient (Wildman–Crippen LogP) is 1.46. The van der Waals surface area contributed by atoms with E-state index in [0.717, 1.165) is 42.2 Å². The summed E-state index contributed by atoms with van der Waals surface area (Å²) in [4.78, 5) is 27.2. The van der Waals surface area contributed by atoms with E-state index in [9.17, 15) is 9.59 Å². The number of primary amides is 1. The Bertz CT molecular complexity index is 814. The highest BCUT2D eigenvalue weighted by molar-refractivity contribution is 7.17. The predicted molar refractivity (Wildman–Crippen MR) is 102 cm³/mol. The van der Waals surface area contributed by atoms with Crippen molar-refractivity contribution in [3.8, 4) is 5.75 Å². The number of carbonyl (C=O) groups excluding carboxylic acids is 2. The van der Waals surface area contributed by atoms with E-state index < -0.39 is 5.91 Å². The van der Waals surface area contributed by atoms with Crippen LogP contribution in [0.2, 0.25) is 0 Å². The first-order valence-electron chi connectivity index (χ1n) is 8.85. The van der Waals surface area contributed by atoms with Crippen LogP contribution in [0.3, 0.4) is 0 Å². The minimum absolute atomic E-state index is 0.256. The molecule has 1 aromatic heterocycles. The van der Waals surface area contributed by atoms with Crippen molar-refractivity contribution in [2.24, 2.45) is 5.73 Å². The number of thiophene rings is 1. The molecule has 0 bridgehead atoms. The summed E-state index contributed by atoms with van der Waals surface area (Å²) in [5.41, 5.74) is 7.59. The van der Waals surface area contributed by atoms with Crippen LogP contribution in [0.5, 0.6) is 5.75 Å². The van der Waals surface area contributed by atoms with Crippen molar-refractivity contribution in [2.75, 3.05) is 25.0 Å². The quantitative estimate of drug-likeness (QED) is 0.716. The zero-order valence-corrected chi connectivity index (χ0v) is 15.9. The van der Waals surface area contributed by atoms with Crippen molar-refractivity contribution in [1.82, 2.24) is 0 Å². The summed E-state index contributed by atoms with van der Waals surface area (Å²) in [5, 5.41) is 3.43. The van der Waals surface area contributed by atoms with Gasteiger partial charge in [0.15, 0.2) is 0 Å². The van der Waals surface area contributed by atoms with E-state index in [2.05, 4.69) is 12.2 Å². The van der Waals surface area contributed by atoms with E-state index >= 15 is 0 Å². The summed E-state index contributed by atoms with van der Waals surface area (Å²) in [6.07, 6.45) is 0.812. The van der Waals surface area contributed by atoms with Crippen molar-refractivity contribution in [3.63, 3.8) is 0 Å². The van der Waals surface area contributed by atoms with Crippen LogP contribution in [0.25, 0.3) is 0 Å². The van der Waals surface area contributed by atoms with E-state index in [0.29, 0.717) is 22.7 Å². The van der Waals surface area contributed by atoms with Crippen LogP contribution in [-0.4, -0.2) is 31.5 Å². The summed E-state index contributed by atoms with van der Waals surface area (Å²) in [5.74, 6) is -0.0191. The van der Waals surface area contributed by atoms with Crippen molar-refractivity contribution in [1.29, 1.82) is 0 Å². The van der Waals surface area contributed by atoms with Crippen molar-refractivity contribution >= 4 is 28.2 Å². The Morgan fingerprint density at radius 2 is 2.00 bits per heavy atom. The smallest absolute Gasteiger partial charge is 0.256 e. The van der Waals surface area contributed by atoms with E-state index in [-0.39, 0.29) is 5.91 Å². The van der Waals surface area contributed by atoms with Gasteiger partial charge in [-0.25, -0.2) is 0 Å². The first kappa shape index (κ1) is 18.4. The number of amides is 2. The van der Waals surface area contributed by atoms with E-state index in [1.54, 1.807) is 24.3 Å². The molecular formula is C19H24N3O3S+. The molecule has 2 amide bonds. The lowest BCUT2D eigenvalue weighted by Crippen LogP contribution is -3.11. The topological polar surface area (TPSA) is 85.9 Å². The number of quaternary nitrogens is 1. The molecule has 2 aromatic rings. The summed E-state index contributed by atoms with van der Waals surface area (Å²) in [6.45, 7) is 7.52. The molecule has 1 unspecified atom stereocenters. The van der Waals surface area contributed by atoms with Crippen LogP contribution in [0.15, 0.2) is 24.3 Å². The molecule has 1 aliphatic heterocycles. The third-order valence-corrected chi connectivity index (χ3v) is 5.78. The Morgan fingerprint density at radius 3 is 2.62 bits per heavy atom. The number of hydrogen-bond acceptors (Lipinski definition) is 4. The van der Waals surface area contributed by atoms with Gasteiger partial charge in [0.25, 0.3) is 11.8 Å². The molecule has 6 nitrogen and oxygen atoms in total. The molecule has 3 rings (SSSR count). The number of likely N-dealkylation sites (N-methyl/N-ethyl adjacent to an activating group) is 1. The molecule has 0 fully saturated rings. The Labute approximate surface area is 156 Å². The van der Waals surface area contributed by atoms with Gasteiger partial charge in [-0.2, -0.15) is 0 Å². The fourth-order valence-electron chi connectivity index (χ4n) is 3.23. The maximum absolute atomic E-state index is 12.6. The highest BCUT2D eigenvalue weighted by Gasteiger charge is 2.29. The van der Waals surface area contributed by atoms with Gasteiger partial charge in [-0.15, -0.1) is 11.3 Å². The third kappa shape index (κ3) is 3.73. The second-order valence-corrected chi connectivity index (χ2v) is 7.37. The first-order chi connectivity index (χ1) is 12.5. The van der Waals surface area contributed by atoms with Gasteiger partial charge in [0.1, 0.15) is 17.3 Å². The monoisotopic (exact) mass is 374 g/mol. The number of anilines is 1. The molecule has 2 heterocycles. The molecule has 1 atom stereocenters. The van der Waals surface area contributed by atoms with E-state index in [1.165, 1.54) is 16.2 Å². The number of rotatable bonds is 6. The first-order valence-corrected chi connectivity index (χ1v) is 9.67. The number of nitrogens with one attached hydrogen (secondary N) is 2. The van der Waals surface area contributed by atoms with Gasteiger partial charge < -0.3 is 20.7 Å². The van der Waals surface area contributed by atoms with Crippen LogP contribution < -0.4 is 20.7 Å². The number of nitrogens with two attached hydrogens (primary N) is 1. The molecule has 0 saturated carbocycles. The number of benzene rings is 1. The maximum Gasteiger partial charge on any atom is 0.256 e. The number of carbonyl (C=O) groups is 2. The van der Waals surface area contributed by atoms with Gasteiger partial charge in [-0.1, -0.05) is 0 Å². The summed E-state index contributed by atoms with van der Waals surface area (Å²) >= 11 is 1.47. The second-order valence-electron chi connectivity index (χ2n) is 6.26. The SMILES string of the molecule is CCOc1ccc(C(=O)Nc2sc3c(c2C(N)=O)CC[NH+](CC)C3)cc1. The zero-order valence-electron chi connectivity index (χ0n) is 15.1. The normalized spacial score (nSPS) is 16.0. The fourth-order valence-corrected chi connectivity index (χ4v) is 4.55. The lowest BCUT2D eigenvalue weighted by atomic mass is 10.0. The zero-order chi connectivity index (χ0) is 18.7. The van der Waals surface area contributed by atoms with Crippen LogP contribution >= 0.6 is 11.3 Å².